The summed E-state index contributed by atoms with van der Waals surface area (Å²) in [5, 5.41) is 0.781. The lowest BCUT2D eigenvalue weighted by Gasteiger charge is -2.29. The average Bonchev–Trinajstić information content (AvgIpc) is 2.39. The Hall–Kier alpha value is -1.00. The van der Waals surface area contributed by atoms with Crippen LogP contribution in [0.3, 0.4) is 0 Å². The van der Waals surface area contributed by atoms with Crippen molar-refractivity contribution >= 4 is 34.5 Å². The van der Waals surface area contributed by atoms with Gasteiger partial charge in [0.05, 0.1) is 0 Å². The van der Waals surface area contributed by atoms with Gasteiger partial charge in [0.15, 0.2) is 5.11 Å². The Kier molecular flexibility index (Phi) is 5.51. The Morgan fingerprint density at radius 2 is 1.59 bits per heavy atom. The normalized spacial score (nSPS) is 9.82. The first kappa shape index (κ1) is 14.1. The van der Waals surface area contributed by atoms with Crippen LogP contribution in [0.4, 0.5) is 0 Å². The Morgan fingerprint density at radius 3 is 2.06 bits per heavy atom. The third-order valence-corrected chi connectivity index (χ3v) is 3.69. The molecule has 0 saturated heterocycles. The minimum absolute atomic E-state index is 0.766. The molecule has 0 atom stereocenters. The molecule has 0 saturated carbocycles. The van der Waals surface area contributed by atoms with Crippen molar-refractivity contribution in [2.24, 2.45) is 0 Å². The van der Waals surface area contributed by atoms with Gasteiger partial charge in [0.2, 0.25) is 0 Å². The van der Waals surface area contributed by atoms with E-state index >= 15 is 0 Å². The van der Waals surface area contributed by atoms with Gasteiger partial charge < -0.3 is 9.80 Å². The maximum absolute atomic E-state index is 5.45. The largest absolute Gasteiger partial charge is 0.349 e. The van der Waals surface area contributed by atoms with Crippen molar-refractivity contribution in [1.29, 1.82) is 0 Å². The average molecular weight is 266 g/mol. The van der Waals surface area contributed by atoms with E-state index in [1.54, 1.807) is 0 Å². The van der Waals surface area contributed by atoms with Gasteiger partial charge in [-0.05, 0) is 26.1 Å². The lowest BCUT2D eigenvalue weighted by atomic mass is 10.2. The highest BCUT2D eigenvalue weighted by molar-refractivity contribution is 7.82. The van der Waals surface area contributed by atoms with Crippen LogP contribution >= 0.6 is 24.4 Å². The molecule has 4 heteroatoms. The van der Waals surface area contributed by atoms with Gasteiger partial charge in [0.1, 0.15) is 4.99 Å². The summed E-state index contributed by atoms with van der Waals surface area (Å²) >= 11 is 10.9. The maximum Gasteiger partial charge on any atom is 0.176 e. The van der Waals surface area contributed by atoms with Crippen LogP contribution in [0.2, 0.25) is 0 Å². The van der Waals surface area contributed by atoms with E-state index in [2.05, 4.69) is 18.7 Å². The summed E-state index contributed by atoms with van der Waals surface area (Å²) in [4.78, 5) is 4.78. The zero-order valence-electron chi connectivity index (χ0n) is 10.5. The first-order chi connectivity index (χ1) is 8.11. The van der Waals surface area contributed by atoms with Crippen molar-refractivity contribution in [3.63, 3.8) is 0 Å². The first-order valence-corrected chi connectivity index (χ1v) is 6.55. The van der Waals surface area contributed by atoms with Crippen LogP contribution < -0.4 is 0 Å². The number of thiocarbonyl (C=S) groups is 2. The Labute approximate surface area is 114 Å². The summed E-state index contributed by atoms with van der Waals surface area (Å²) < 4.78 is 0. The van der Waals surface area contributed by atoms with Crippen LogP contribution in [-0.4, -0.2) is 40.0 Å². The summed E-state index contributed by atoms with van der Waals surface area (Å²) in [5.41, 5.74) is 1.03. The predicted molar refractivity (Wildman–Crippen MR) is 81.4 cm³/mol. The maximum atomic E-state index is 5.45. The molecule has 17 heavy (non-hydrogen) atoms. The molecule has 0 aliphatic rings. The second-order valence-corrected chi connectivity index (χ2v) is 4.44. The molecule has 92 valence electrons. The van der Waals surface area contributed by atoms with Gasteiger partial charge in [-0.25, -0.2) is 0 Å². The quantitative estimate of drug-likeness (QED) is 0.776. The van der Waals surface area contributed by atoms with E-state index in [-0.39, 0.29) is 0 Å². The molecule has 0 amide bonds. The van der Waals surface area contributed by atoms with Crippen LogP contribution in [-0.2, 0) is 0 Å². The zero-order chi connectivity index (χ0) is 12.8. The lowest BCUT2D eigenvalue weighted by Crippen LogP contribution is -2.43. The van der Waals surface area contributed by atoms with E-state index in [0.717, 1.165) is 28.8 Å². The van der Waals surface area contributed by atoms with Crippen molar-refractivity contribution in [1.82, 2.24) is 9.80 Å². The highest BCUT2D eigenvalue weighted by atomic mass is 32.1. The summed E-state index contributed by atoms with van der Waals surface area (Å²) in [5.74, 6) is 0. The minimum atomic E-state index is 0.766. The van der Waals surface area contributed by atoms with Crippen molar-refractivity contribution in [3.8, 4) is 0 Å². The lowest BCUT2D eigenvalue weighted by molar-refractivity contribution is 0.433. The molecule has 0 radical (unpaired) electrons. The van der Waals surface area contributed by atoms with Crippen LogP contribution in [0, 0.1) is 0 Å². The standard InChI is InChI=1S/C13H18N2S2/c1-4-15(5-2)13(17)14(3)12(16)11-9-7-6-8-10-11/h6-10H,4-5H2,1-3H3. The van der Waals surface area contributed by atoms with Gasteiger partial charge in [0.25, 0.3) is 0 Å². The molecule has 0 fully saturated rings. The Balaban J connectivity index is 2.80. The van der Waals surface area contributed by atoms with Gasteiger partial charge in [0, 0.05) is 25.7 Å². The molecule has 0 aliphatic carbocycles. The van der Waals surface area contributed by atoms with Crippen molar-refractivity contribution in [2.75, 3.05) is 20.1 Å². The number of nitrogens with zero attached hydrogens (tertiary/aromatic N) is 2. The summed E-state index contributed by atoms with van der Waals surface area (Å²) in [7, 11) is 1.93. The van der Waals surface area contributed by atoms with Crippen molar-refractivity contribution in [3.05, 3.63) is 35.9 Å². The van der Waals surface area contributed by atoms with Crippen LogP contribution in [0.25, 0.3) is 0 Å². The molecule has 2 nitrogen and oxygen atoms in total. The molecule has 1 aromatic rings. The van der Waals surface area contributed by atoms with Gasteiger partial charge in [-0.1, -0.05) is 42.5 Å². The highest BCUT2D eigenvalue weighted by Gasteiger charge is 2.15. The smallest absolute Gasteiger partial charge is 0.176 e. The molecule has 1 aromatic carbocycles. The van der Waals surface area contributed by atoms with Gasteiger partial charge in [-0.15, -0.1) is 0 Å². The van der Waals surface area contributed by atoms with Crippen LogP contribution in [0.5, 0.6) is 0 Å². The SMILES string of the molecule is CCN(CC)C(=S)N(C)C(=S)c1ccccc1. The molecular weight excluding hydrogens is 248 g/mol. The molecule has 0 heterocycles. The fraction of sp³-hybridized carbons (Fsp3) is 0.385. The summed E-state index contributed by atoms with van der Waals surface area (Å²) in [6.45, 7) is 5.98. The number of rotatable bonds is 3. The van der Waals surface area contributed by atoms with Crippen LogP contribution in [0.1, 0.15) is 19.4 Å². The van der Waals surface area contributed by atoms with Crippen molar-refractivity contribution in [2.45, 2.75) is 13.8 Å². The second-order valence-electron chi connectivity index (χ2n) is 3.69. The van der Waals surface area contributed by atoms with E-state index < -0.39 is 0 Å². The molecular formula is C13H18N2S2. The monoisotopic (exact) mass is 266 g/mol. The third kappa shape index (κ3) is 3.48. The van der Waals surface area contributed by atoms with E-state index in [0.29, 0.717) is 0 Å². The van der Waals surface area contributed by atoms with Gasteiger partial charge in [-0.2, -0.15) is 0 Å². The Morgan fingerprint density at radius 1 is 1.06 bits per heavy atom. The zero-order valence-corrected chi connectivity index (χ0v) is 12.1. The van der Waals surface area contributed by atoms with E-state index in [4.69, 9.17) is 24.4 Å². The second kappa shape index (κ2) is 6.67. The topological polar surface area (TPSA) is 6.48 Å². The number of hydrogen-bond acceptors (Lipinski definition) is 2. The molecule has 0 unspecified atom stereocenters. The molecule has 1 rings (SSSR count). The van der Waals surface area contributed by atoms with Gasteiger partial charge >= 0.3 is 0 Å². The van der Waals surface area contributed by atoms with Crippen molar-refractivity contribution < 1.29 is 0 Å². The van der Waals surface area contributed by atoms with E-state index in [1.807, 2.05) is 42.3 Å². The first-order valence-electron chi connectivity index (χ1n) is 5.73. The summed E-state index contributed by atoms with van der Waals surface area (Å²) in [6, 6.07) is 9.95. The van der Waals surface area contributed by atoms with E-state index in [1.165, 1.54) is 0 Å². The third-order valence-electron chi connectivity index (χ3n) is 2.65. The highest BCUT2D eigenvalue weighted by Crippen LogP contribution is 2.07. The Bertz CT molecular complexity index is 386. The number of hydrogen-bond donors (Lipinski definition) is 0. The summed E-state index contributed by atoms with van der Waals surface area (Å²) in [6.07, 6.45) is 0. The van der Waals surface area contributed by atoms with E-state index in [9.17, 15) is 0 Å². The number of benzene rings is 1. The molecule has 0 aliphatic heterocycles. The molecule has 0 aromatic heterocycles. The molecule has 0 bridgehead atoms. The van der Waals surface area contributed by atoms with Gasteiger partial charge in [-0.3, -0.25) is 0 Å². The fourth-order valence-electron chi connectivity index (χ4n) is 1.57. The minimum Gasteiger partial charge on any atom is -0.349 e. The fourth-order valence-corrected chi connectivity index (χ4v) is 2.20. The predicted octanol–water partition coefficient (Wildman–Crippen LogP) is 2.92. The molecule has 0 N–H and O–H groups in total. The molecule has 0 spiro atoms. The van der Waals surface area contributed by atoms with Crippen LogP contribution in [0.15, 0.2) is 30.3 Å².